The molecule has 0 radical (unpaired) electrons. The zero-order valence-electron chi connectivity index (χ0n) is 16.6. The number of H-pyrrole nitrogens is 1. The van der Waals surface area contributed by atoms with Crippen LogP contribution in [0.2, 0.25) is 0 Å². The van der Waals surface area contributed by atoms with Crippen molar-refractivity contribution in [3.05, 3.63) is 88.6 Å². The minimum atomic E-state index is -0.923. The number of aromatic amines is 1. The topological polar surface area (TPSA) is 88.5 Å². The highest BCUT2D eigenvalue weighted by Crippen LogP contribution is 2.27. The molecule has 2 N–H and O–H groups in total. The maximum absolute atomic E-state index is 14.7. The molecule has 0 amide bonds. The second-order valence-corrected chi connectivity index (χ2v) is 7.23. The Morgan fingerprint density at radius 2 is 1.78 bits per heavy atom. The van der Waals surface area contributed by atoms with E-state index in [2.05, 4.69) is 25.3 Å². The standard InChI is InChI=1S/C22H15F3N6O/c1-11(30-21-19-20(27-9-26-19)28-10-29-21)18-6-12-2-3-13(23)7-15(12)22(32)31(18)17-5-4-14(24)8-16(17)25/h2-11H,1H3,(H2,26,27,28,29,30). The third-order valence-corrected chi connectivity index (χ3v) is 5.18. The number of rotatable bonds is 4. The highest BCUT2D eigenvalue weighted by atomic mass is 19.1. The van der Waals surface area contributed by atoms with Crippen molar-refractivity contribution in [3.8, 4) is 5.69 Å². The summed E-state index contributed by atoms with van der Waals surface area (Å²) in [7, 11) is 0. The largest absolute Gasteiger partial charge is 0.360 e. The van der Waals surface area contributed by atoms with Gasteiger partial charge in [0.2, 0.25) is 0 Å². The summed E-state index contributed by atoms with van der Waals surface area (Å²) in [6.45, 7) is 1.75. The summed E-state index contributed by atoms with van der Waals surface area (Å²) in [6.07, 6.45) is 2.83. The van der Waals surface area contributed by atoms with Crippen molar-refractivity contribution in [1.82, 2.24) is 24.5 Å². The van der Waals surface area contributed by atoms with E-state index in [0.717, 1.165) is 16.7 Å². The molecule has 0 saturated carbocycles. The number of fused-ring (bicyclic) bond motifs is 2. The van der Waals surface area contributed by atoms with Gasteiger partial charge in [0.15, 0.2) is 11.5 Å². The van der Waals surface area contributed by atoms with E-state index < -0.39 is 29.1 Å². The number of nitrogens with zero attached hydrogens (tertiary/aromatic N) is 4. The molecule has 3 aromatic heterocycles. The van der Waals surface area contributed by atoms with Crippen molar-refractivity contribution in [1.29, 1.82) is 0 Å². The lowest BCUT2D eigenvalue weighted by Crippen LogP contribution is -2.26. The van der Waals surface area contributed by atoms with Crippen LogP contribution in [0.15, 0.2) is 59.9 Å². The van der Waals surface area contributed by atoms with E-state index in [4.69, 9.17) is 0 Å². The minimum absolute atomic E-state index is 0.0707. The van der Waals surface area contributed by atoms with Crippen LogP contribution in [0, 0.1) is 17.5 Å². The molecule has 7 nitrogen and oxygen atoms in total. The Hall–Kier alpha value is -4.21. The van der Waals surface area contributed by atoms with Crippen molar-refractivity contribution in [2.75, 3.05) is 5.32 Å². The second kappa shape index (κ2) is 7.49. The van der Waals surface area contributed by atoms with Gasteiger partial charge < -0.3 is 10.3 Å². The Labute approximate surface area is 178 Å². The lowest BCUT2D eigenvalue weighted by molar-refractivity contribution is 0.574. The number of aromatic nitrogens is 5. The van der Waals surface area contributed by atoms with Crippen molar-refractivity contribution < 1.29 is 13.2 Å². The van der Waals surface area contributed by atoms with Gasteiger partial charge in [-0.3, -0.25) is 9.36 Å². The highest BCUT2D eigenvalue weighted by molar-refractivity contribution is 5.84. The molecular formula is C22H15F3N6O. The number of pyridine rings is 1. The van der Waals surface area contributed by atoms with Gasteiger partial charge in [0.05, 0.1) is 23.4 Å². The first-order chi connectivity index (χ1) is 15.4. The third-order valence-electron chi connectivity index (χ3n) is 5.18. The summed E-state index contributed by atoms with van der Waals surface area (Å²) in [6, 6.07) is 7.81. The Morgan fingerprint density at radius 1 is 1.00 bits per heavy atom. The summed E-state index contributed by atoms with van der Waals surface area (Å²) in [5, 5.41) is 3.72. The fourth-order valence-electron chi connectivity index (χ4n) is 3.68. The van der Waals surface area contributed by atoms with Crippen molar-refractivity contribution in [3.63, 3.8) is 0 Å². The maximum atomic E-state index is 14.7. The number of nitrogens with one attached hydrogen (secondary N) is 2. The smallest absolute Gasteiger partial charge is 0.263 e. The molecule has 5 rings (SSSR count). The first kappa shape index (κ1) is 19.7. The van der Waals surface area contributed by atoms with Crippen LogP contribution < -0.4 is 10.9 Å². The molecular weight excluding hydrogens is 421 g/mol. The molecule has 1 atom stereocenters. The van der Waals surface area contributed by atoms with Crippen LogP contribution in [0.3, 0.4) is 0 Å². The summed E-state index contributed by atoms with van der Waals surface area (Å²) in [4.78, 5) is 28.7. The average Bonchev–Trinajstić information content (AvgIpc) is 3.25. The summed E-state index contributed by atoms with van der Waals surface area (Å²) in [5.74, 6) is -1.89. The van der Waals surface area contributed by atoms with Crippen molar-refractivity contribution in [2.45, 2.75) is 13.0 Å². The number of hydrogen-bond donors (Lipinski definition) is 2. The molecule has 2 aromatic carbocycles. The number of anilines is 1. The van der Waals surface area contributed by atoms with Gasteiger partial charge in [0.1, 0.15) is 29.3 Å². The Bertz CT molecular complexity index is 1540. The lowest BCUT2D eigenvalue weighted by atomic mass is 10.1. The molecule has 0 spiro atoms. The predicted octanol–water partition coefficient (Wildman–Crippen LogP) is 4.25. The Morgan fingerprint density at radius 3 is 2.59 bits per heavy atom. The molecule has 1 unspecified atom stereocenters. The Kier molecular flexibility index (Phi) is 4.62. The van der Waals surface area contributed by atoms with Crippen LogP contribution in [0.1, 0.15) is 18.7 Å². The van der Waals surface area contributed by atoms with Gasteiger partial charge in [-0.1, -0.05) is 6.07 Å². The van der Waals surface area contributed by atoms with Crippen LogP contribution in [0.4, 0.5) is 19.0 Å². The number of hydrogen-bond acceptors (Lipinski definition) is 5. The molecule has 0 aliphatic heterocycles. The normalized spacial score (nSPS) is 12.4. The highest BCUT2D eigenvalue weighted by Gasteiger charge is 2.20. The Balaban J connectivity index is 1.73. The quantitative estimate of drug-likeness (QED) is 0.440. The van der Waals surface area contributed by atoms with E-state index in [1.54, 1.807) is 13.0 Å². The molecule has 0 aliphatic rings. The van der Waals surface area contributed by atoms with Gasteiger partial charge >= 0.3 is 0 Å². The van der Waals surface area contributed by atoms with Gasteiger partial charge in [-0.2, -0.15) is 0 Å². The SMILES string of the molecule is CC(Nc1ncnc2[nH]cnc12)c1cc2ccc(F)cc2c(=O)n1-c1ccc(F)cc1F. The van der Waals surface area contributed by atoms with Crippen molar-refractivity contribution >= 4 is 27.8 Å². The summed E-state index contributed by atoms with van der Waals surface area (Å²) >= 11 is 0. The first-order valence-corrected chi connectivity index (χ1v) is 9.63. The molecule has 0 aliphatic carbocycles. The molecule has 0 fully saturated rings. The van der Waals surface area contributed by atoms with E-state index in [1.807, 2.05) is 0 Å². The van der Waals surface area contributed by atoms with Crippen LogP contribution in [-0.4, -0.2) is 24.5 Å². The van der Waals surface area contributed by atoms with Crippen LogP contribution >= 0.6 is 0 Å². The zero-order valence-corrected chi connectivity index (χ0v) is 16.6. The van der Waals surface area contributed by atoms with Gasteiger partial charge in [0, 0.05) is 11.8 Å². The monoisotopic (exact) mass is 436 g/mol. The molecule has 3 heterocycles. The molecule has 160 valence electrons. The average molecular weight is 436 g/mol. The molecule has 0 bridgehead atoms. The molecule has 0 saturated heterocycles. The van der Waals surface area contributed by atoms with Crippen LogP contribution in [0.25, 0.3) is 27.6 Å². The number of benzene rings is 2. The third kappa shape index (κ3) is 3.25. The first-order valence-electron chi connectivity index (χ1n) is 9.63. The lowest BCUT2D eigenvalue weighted by Gasteiger charge is -2.21. The molecule has 10 heteroatoms. The predicted molar refractivity (Wildman–Crippen MR) is 113 cm³/mol. The number of halogens is 3. The van der Waals surface area contributed by atoms with E-state index in [0.29, 0.717) is 34.1 Å². The zero-order chi connectivity index (χ0) is 22.4. The second-order valence-electron chi connectivity index (χ2n) is 7.23. The molecule has 5 aromatic rings. The fourth-order valence-corrected chi connectivity index (χ4v) is 3.68. The van der Waals surface area contributed by atoms with E-state index >= 15 is 0 Å². The van der Waals surface area contributed by atoms with Gasteiger partial charge in [-0.25, -0.2) is 28.1 Å². The number of imidazole rings is 1. The van der Waals surface area contributed by atoms with Gasteiger partial charge in [-0.15, -0.1) is 0 Å². The molecule has 32 heavy (non-hydrogen) atoms. The van der Waals surface area contributed by atoms with Gasteiger partial charge in [-0.05, 0) is 42.6 Å². The van der Waals surface area contributed by atoms with Crippen LogP contribution in [0.5, 0.6) is 0 Å². The fraction of sp³-hybridized carbons (Fsp3) is 0.0909. The van der Waals surface area contributed by atoms with Gasteiger partial charge in [0.25, 0.3) is 5.56 Å². The van der Waals surface area contributed by atoms with E-state index in [1.165, 1.54) is 30.9 Å². The minimum Gasteiger partial charge on any atom is -0.360 e. The van der Waals surface area contributed by atoms with Crippen LogP contribution in [-0.2, 0) is 0 Å². The summed E-state index contributed by atoms with van der Waals surface area (Å²) in [5.41, 5.74) is 0.583. The summed E-state index contributed by atoms with van der Waals surface area (Å²) < 4.78 is 43.2. The van der Waals surface area contributed by atoms with E-state index in [-0.39, 0.29) is 11.1 Å². The van der Waals surface area contributed by atoms with Crippen molar-refractivity contribution in [2.24, 2.45) is 0 Å². The van der Waals surface area contributed by atoms with E-state index in [9.17, 15) is 18.0 Å². The maximum Gasteiger partial charge on any atom is 0.263 e.